The number of carboxylic acids is 1. The molecule has 0 bridgehead atoms. The van der Waals surface area contributed by atoms with Gasteiger partial charge in [-0.25, -0.2) is 0 Å². The first-order chi connectivity index (χ1) is 7.00. The molecule has 0 aromatic carbocycles. The Kier molecular flexibility index (Phi) is 4.58. The molecule has 3 heteroatoms. The molecule has 1 atom stereocenters. The molecule has 0 saturated heterocycles. The van der Waals surface area contributed by atoms with Crippen LogP contribution >= 0.6 is 0 Å². The van der Waals surface area contributed by atoms with E-state index in [4.69, 9.17) is 5.11 Å². The summed E-state index contributed by atoms with van der Waals surface area (Å²) in [5.41, 5.74) is 0. The van der Waals surface area contributed by atoms with Gasteiger partial charge in [-0.3, -0.25) is 9.69 Å². The Morgan fingerprint density at radius 1 is 1.40 bits per heavy atom. The van der Waals surface area contributed by atoms with Crippen molar-refractivity contribution in [3.63, 3.8) is 0 Å². The van der Waals surface area contributed by atoms with E-state index in [1.807, 2.05) is 0 Å². The first-order valence-corrected chi connectivity index (χ1v) is 5.98. The monoisotopic (exact) mass is 213 g/mol. The van der Waals surface area contributed by atoms with Crippen LogP contribution in [0.5, 0.6) is 0 Å². The predicted octanol–water partition coefficient (Wildman–Crippen LogP) is 2.36. The van der Waals surface area contributed by atoms with Crippen LogP contribution in [0.25, 0.3) is 0 Å². The van der Waals surface area contributed by atoms with Crippen molar-refractivity contribution in [2.45, 2.75) is 58.5 Å². The summed E-state index contributed by atoms with van der Waals surface area (Å²) < 4.78 is 0. The molecule has 0 spiro atoms. The van der Waals surface area contributed by atoms with Crippen LogP contribution in [0.3, 0.4) is 0 Å². The Labute approximate surface area is 92.5 Å². The Morgan fingerprint density at radius 3 is 2.33 bits per heavy atom. The van der Waals surface area contributed by atoms with E-state index in [2.05, 4.69) is 25.7 Å². The summed E-state index contributed by atoms with van der Waals surface area (Å²) in [5.74, 6) is 0.124. The van der Waals surface area contributed by atoms with Gasteiger partial charge in [-0.15, -0.1) is 0 Å². The van der Waals surface area contributed by atoms with Crippen molar-refractivity contribution in [1.82, 2.24) is 4.90 Å². The maximum Gasteiger partial charge on any atom is 0.317 e. The molecule has 1 saturated carbocycles. The summed E-state index contributed by atoms with van der Waals surface area (Å²) in [6.45, 7) is 6.47. The summed E-state index contributed by atoms with van der Waals surface area (Å²) >= 11 is 0. The standard InChI is InChI=1S/C12H23NO2/c1-9(2)13(8-12(14)15)10(3)7-11-5-4-6-11/h9-11H,4-8H2,1-3H3,(H,14,15). The number of carboxylic acid groups (broad SMARTS) is 1. The second kappa shape index (κ2) is 5.50. The summed E-state index contributed by atoms with van der Waals surface area (Å²) in [7, 11) is 0. The minimum absolute atomic E-state index is 0.172. The van der Waals surface area contributed by atoms with Gasteiger partial charge in [0.05, 0.1) is 6.54 Å². The Balaban J connectivity index is 2.41. The van der Waals surface area contributed by atoms with E-state index in [0.717, 1.165) is 12.3 Å². The second-order valence-corrected chi connectivity index (χ2v) is 5.04. The molecule has 0 aromatic heterocycles. The van der Waals surface area contributed by atoms with Crippen molar-refractivity contribution in [2.75, 3.05) is 6.54 Å². The smallest absolute Gasteiger partial charge is 0.317 e. The van der Waals surface area contributed by atoms with Crippen molar-refractivity contribution < 1.29 is 9.90 Å². The van der Waals surface area contributed by atoms with Gasteiger partial charge in [-0.2, -0.15) is 0 Å². The molecule has 1 aliphatic carbocycles. The summed E-state index contributed by atoms with van der Waals surface area (Å²) in [5, 5.41) is 8.85. The third-order valence-electron chi connectivity index (χ3n) is 3.45. The van der Waals surface area contributed by atoms with Gasteiger partial charge < -0.3 is 5.11 Å². The van der Waals surface area contributed by atoms with Gasteiger partial charge in [-0.05, 0) is 33.1 Å². The number of hydrogen-bond donors (Lipinski definition) is 1. The molecule has 1 N–H and O–H groups in total. The summed E-state index contributed by atoms with van der Waals surface area (Å²) in [6.07, 6.45) is 5.19. The van der Waals surface area contributed by atoms with E-state index in [9.17, 15) is 4.79 Å². The molecule has 15 heavy (non-hydrogen) atoms. The number of hydrogen-bond acceptors (Lipinski definition) is 2. The van der Waals surface area contributed by atoms with Crippen LogP contribution < -0.4 is 0 Å². The van der Waals surface area contributed by atoms with Crippen molar-refractivity contribution in [3.8, 4) is 0 Å². The van der Waals surface area contributed by atoms with Gasteiger partial charge >= 0.3 is 5.97 Å². The van der Waals surface area contributed by atoms with Crippen LogP contribution in [0, 0.1) is 5.92 Å². The predicted molar refractivity (Wildman–Crippen MR) is 60.9 cm³/mol. The summed E-state index contributed by atoms with van der Waals surface area (Å²) in [6, 6.07) is 0.711. The van der Waals surface area contributed by atoms with Gasteiger partial charge in [-0.1, -0.05) is 19.3 Å². The molecular weight excluding hydrogens is 190 g/mol. The normalized spacial score (nSPS) is 19.3. The third-order valence-corrected chi connectivity index (χ3v) is 3.45. The zero-order valence-electron chi connectivity index (χ0n) is 10.1. The molecule has 0 radical (unpaired) electrons. The average molecular weight is 213 g/mol. The van der Waals surface area contributed by atoms with Gasteiger partial charge in [0.15, 0.2) is 0 Å². The molecule has 88 valence electrons. The minimum atomic E-state index is -0.718. The molecule has 3 nitrogen and oxygen atoms in total. The van der Waals surface area contributed by atoms with Gasteiger partial charge in [0, 0.05) is 12.1 Å². The lowest BCUT2D eigenvalue weighted by Crippen LogP contribution is -2.43. The van der Waals surface area contributed by atoms with Gasteiger partial charge in [0.25, 0.3) is 0 Å². The largest absolute Gasteiger partial charge is 0.480 e. The molecular formula is C12H23NO2. The fraction of sp³-hybridized carbons (Fsp3) is 0.917. The first kappa shape index (κ1) is 12.5. The quantitative estimate of drug-likeness (QED) is 0.736. The van der Waals surface area contributed by atoms with E-state index in [1.165, 1.54) is 19.3 Å². The van der Waals surface area contributed by atoms with E-state index in [1.54, 1.807) is 0 Å². The third kappa shape index (κ3) is 3.82. The van der Waals surface area contributed by atoms with Crippen LogP contribution in [0.15, 0.2) is 0 Å². The average Bonchev–Trinajstić information content (AvgIpc) is 2.06. The van der Waals surface area contributed by atoms with Crippen LogP contribution in [-0.2, 0) is 4.79 Å². The topological polar surface area (TPSA) is 40.5 Å². The highest BCUT2D eigenvalue weighted by Gasteiger charge is 2.25. The number of rotatable bonds is 6. The Hall–Kier alpha value is -0.570. The number of carbonyl (C=O) groups is 1. The van der Waals surface area contributed by atoms with E-state index < -0.39 is 5.97 Å². The Bertz CT molecular complexity index is 212. The number of aliphatic carboxylic acids is 1. The lowest BCUT2D eigenvalue weighted by molar-refractivity contribution is -0.139. The highest BCUT2D eigenvalue weighted by molar-refractivity contribution is 5.69. The maximum absolute atomic E-state index is 10.7. The zero-order chi connectivity index (χ0) is 11.4. The lowest BCUT2D eigenvalue weighted by atomic mass is 9.81. The van der Waals surface area contributed by atoms with Crippen LogP contribution in [0.4, 0.5) is 0 Å². The zero-order valence-corrected chi connectivity index (χ0v) is 10.1. The second-order valence-electron chi connectivity index (χ2n) is 5.04. The highest BCUT2D eigenvalue weighted by Crippen LogP contribution is 2.31. The highest BCUT2D eigenvalue weighted by atomic mass is 16.4. The van der Waals surface area contributed by atoms with Crippen molar-refractivity contribution in [2.24, 2.45) is 5.92 Å². The molecule has 1 rings (SSSR count). The number of nitrogens with zero attached hydrogens (tertiary/aromatic N) is 1. The lowest BCUT2D eigenvalue weighted by Gasteiger charge is -2.36. The molecule has 0 heterocycles. The molecule has 1 fully saturated rings. The van der Waals surface area contributed by atoms with Crippen LogP contribution in [-0.4, -0.2) is 34.6 Å². The fourth-order valence-electron chi connectivity index (χ4n) is 2.35. The Morgan fingerprint density at radius 2 is 2.00 bits per heavy atom. The van der Waals surface area contributed by atoms with Crippen molar-refractivity contribution in [1.29, 1.82) is 0 Å². The van der Waals surface area contributed by atoms with E-state index >= 15 is 0 Å². The maximum atomic E-state index is 10.7. The van der Waals surface area contributed by atoms with Gasteiger partial charge in [0.2, 0.25) is 0 Å². The molecule has 0 aromatic rings. The molecule has 1 aliphatic rings. The van der Waals surface area contributed by atoms with Crippen LogP contribution in [0.1, 0.15) is 46.5 Å². The SMILES string of the molecule is CC(C)N(CC(=O)O)C(C)CC1CCC1. The first-order valence-electron chi connectivity index (χ1n) is 5.98. The van der Waals surface area contributed by atoms with Crippen LogP contribution in [0.2, 0.25) is 0 Å². The van der Waals surface area contributed by atoms with Crippen molar-refractivity contribution in [3.05, 3.63) is 0 Å². The molecule has 1 unspecified atom stereocenters. The van der Waals surface area contributed by atoms with Gasteiger partial charge in [0.1, 0.15) is 0 Å². The molecule has 0 amide bonds. The van der Waals surface area contributed by atoms with E-state index in [0.29, 0.717) is 12.1 Å². The minimum Gasteiger partial charge on any atom is -0.480 e. The fourth-order valence-corrected chi connectivity index (χ4v) is 2.35. The molecule has 0 aliphatic heterocycles. The summed E-state index contributed by atoms with van der Waals surface area (Å²) in [4.78, 5) is 12.8. The van der Waals surface area contributed by atoms with Crippen molar-refractivity contribution >= 4 is 5.97 Å². The van der Waals surface area contributed by atoms with E-state index in [-0.39, 0.29) is 6.54 Å².